The molecule has 1 heterocycles. The van der Waals surface area contributed by atoms with Gasteiger partial charge in [-0.3, -0.25) is 4.21 Å². The van der Waals surface area contributed by atoms with Crippen LogP contribution in [0.2, 0.25) is 0 Å². The summed E-state index contributed by atoms with van der Waals surface area (Å²) in [6, 6.07) is 9.01. The molecule has 18 heavy (non-hydrogen) atoms. The highest BCUT2D eigenvalue weighted by Crippen LogP contribution is 2.21. The van der Waals surface area contributed by atoms with E-state index in [4.69, 9.17) is 0 Å². The Morgan fingerprint density at radius 3 is 2.61 bits per heavy atom. The smallest absolute Gasteiger partial charge is 0.0412 e. The second-order valence-electron chi connectivity index (χ2n) is 5.00. The number of nitrogens with zero attached hydrogens (tertiary/aromatic N) is 1. The van der Waals surface area contributed by atoms with Crippen LogP contribution in [-0.2, 0) is 17.3 Å². The standard InChI is InChI=1S/C14H22N2OS/c1-12(2)15-11-13-5-3-4-6-14(13)16-7-9-18(17)10-8-16/h3-6,12,15H,7-11H2,1-2H3. The van der Waals surface area contributed by atoms with E-state index in [1.807, 2.05) is 0 Å². The Hall–Kier alpha value is -0.870. The van der Waals surface area contributed by atoms with Crippen LogP contribution in [0.15, 0.2) is 24.3 Å². The summed E-state index contributed by atoms with van der Waals surface area (Å²) in [5.41, 5.74) is 2.63. The maximum Gasteiger partial charge on any atom is 0.0412 e. The van der Waals surface area contributed by atoms with Gasteiger partial charge in [0.2, 0.25) is 0 Å². The summed E-state index contributed by atoms with van der Waals surface area (Å²) in [5.74, 6) is 1.60. The first-order chi connectivity index (χ1) is 8.66. The van der Waals surface area contributed by atoms with Gasteiger partial charge in [-0.05, 0) is 11.6 Å². The summed E-state index contributed by atoms with van der Waals surface area (Å²) in [6.07, 6.45) is 0. The lowest BCUT2D eigenvalue weighted by Gasteiger charge is -2.30. The third-order valence-electron chi connectivity index (χ3n) is 3.21. The van der Waals surface area contributed by atoms with Crippen LogP contribution < -0.4 is 10.2 Å². The van der Waals surface area contributed by atoms with Crippen LogP contribution in [0, 0.1) is 0 Å². The molecule has 0 aliphatic carbocycles. The number of nitrogens with one attached hydrogen (secondary N) is 1. The van der Waals surface area contributed by atoms with Crippen LogP contribution in [0.5, 0.6) is 0 Å². The van der Waals surface area contributed by atoms with Crippen molar-refractivity contribution in [3.63, 3.8) is 0 Å². The van der Waals surface area contributed by atoms with Crippen LogP contribution in [0.25, 0.3) is 0 Å². The highest BCUT2D eigenvalue weighted by molar-refractivity contribution is 7.85. The molecule has 1 saturated heterocycles. The summed E-state index contributed by atoms with van der Waals surface area (Å²) in [4.78, 5) is 2.36. The summed E-state index contributed by atoms with van der Waals surface area (Å²) in [6.45, 7) is 7.03. The molecule has 0 saturated carbocycles. The Kier molecular flexibility index (Phi) is 4.78. The summed E-state index contributed by atoms with van der Waals surface area (Å²) in [5, 5.41) is 3.46. The van der Waals surface area contributed by atoms with Crippen molar-refractivity contribution in [3.8, 4) is 0 Å². The van der Waals surface area contributed by atoms with E-state index >= 15 is 0 Å². The molecule has 1 aromatic rings. The average Bonchev–Trinajstić information content (AvgIpc) is 2.38. The summed E-state index contributed by atoms with van der Waals surface area (Å²) < 4.78 is 11.4. The van der Waals surface area contributed by atoms with Crippen LogP contribution >= 0.6 is 0 Å². The van der Waals surface area contributed by atoms with Crippen LogP contribution in [0.4, 0.5) is 5.69 Å². The topological polar surface area (TPSA) is 32.3 Å². The lowest BCUT2D eigenvalue weighted by Crippen LogP contribution is -2.38. The van der Waals surface area contributed by atoms with Crippen molar-refractivity contribution in [2.24, 2.45) is 0 Å². The molecule has 1 aliphatic rings. The molecule has 0 radical (unpaired) electrons. The highest BCUT2D eigenvalue weighted by atomic mass is 32.2. The van der Waals surface area contributed by atoms with E-state index in [1.54, 1.807) is 0 Å². The zero-order valence-electron chi connectivity index (χ0n) is 11.2. The van der Waals surface area contributed by atoms with Gasteiger partial charge in [0.15, 0.2) is 0 Å². The molecule has 0 aromatic heterocycles. The number of benzene rings is 1. The molecular weight excluding hydrogens is 244 g/mol. The molecule has 100 valence electrons. The van der Waals surface area contributed by atoms with E-state index in [0.717, 1.165) is 31.1 Å². The molecule has 3 nitrogen and oxygen atoms in total. The van der Waals surface area contributed by atoms with Crippen molar-refractivity contribution in [3.05, 3.63) is 29.8 Å². The van der Waals surface area contributed by atoms with Gasteiger partial charge in [0.05, 0.1) is 0 Å². The maximum atomic E-state index is 11.4. The lowest BCUT2D eigenvalue weighted by molar-refractivity contribution is 0.588. The summed E-state index contributed by atoms with van der Waals surface area (Å²) >= 11 is 0. The van der Waals surface area contributed by atoms with E-state index in [-0.39, 0.29) is 0 Å². The predicted octanol–water partition coefficient (Wildman–Crippen LogP) is 1.75. The zero-order chi connectivity index (χ0) is 13.0. The molecule has 1 aliphatic heterocycles. The molecule has 0 spiro atoms. The fourth-order valence-corrected chi connectivity index (χ4v) is 3.21. The fraction of sp³-hybridized carbons (Fsp3) is 0.571. The normalized spacial score (nSPS) is 17.4. The molecule has 0 unspecified atom stereocenters. The van der Waals surface area contributed by atoms with E-state index in [9.17, 15) is 4.21 Å². The quantitative estimate of drug-likeness (QED) is 0.901. The Bertz CT molecular complexity index is 410. The number of hydrogen-bond donors (Lipinski definition) is 1. The van der Waals surface area contributed by atoms with Crippen molar-refractivity contribution in [1.29, 1.82) is 0 Å². The Balaban J connectivity index is 2.09. The monoisotopic (exact) mass is 266 g/mol. The predicted molar refractivity (Wildman–Crippen MR) is 78.5 cm³/mol. The van der Waals surface area contributed by atoms with Gasteiger partial charge < -0.3 is 10.2 Å². The van der Waals surface area contributed by atoms with Gasteiger partial charge in [-0.1, -0.05) is 32.0 Å². The van der Waals surface area contributed by atoms with Crippen LogP contribution in [0.1, 0.15) is 19.4 Å². The second-order valence-corrected chi connectivity index (χ2v) is 6.70. The molecule has 4 heteroatoms. The van der Waals surface area contributed by atoms with Crippen molar-refractivity contribution in [2.75, 3.05) is 29.5 Å². The Morgan fingerprint density at radius 1 is 1.28 bits per heavy atom. The largest absolute Gasteiger partial charge is 0.369 e. The van der Waals surface area contributed by atoms with Crippen LogP contribution in [0.3, 0.4) is 0 Å². The fourth-order valence-electron chi connectivity index (χ4n) is 2.16. The molecular formula is C14H22N2OS. The number of hydrogen-bond acceptors (Lipinski definition) is 3. The van der Waals surface area contributed by atoms with Gasteiger partial charge in [-0.2, -0.15) is 0 Å². The molecule has 0 amide bonds. The van der Waals surface area contributed by atoms with Gasteiger partial charge in [0.25, 0.3) is 0 Å². The average molecular weight is 266 g/mol. The molecule has 1 fully saturated rings. The SMILES string of the molecule is CC(C)NCc1ccccc1N1CCS(=O)CC1. The van der Waals surface area contributed by atoms with E-state index in [0.29, 0.717) is 6.04 Å². The van der Waals surface area contributed by atoms with Gasteiger partial charge in [0.1, 0.15) is 0 Å². The van der Waals surface area contributed by atoms with Crippen LogP contribution in [-0.4, -0.2) is 34.8 Å². The van der Waals surface area contributed by atoms with E-state index < -0.39 is 10.8 Å². The van der Waals surface area contributed by atoms with E-state index in [1.165, 1.54) is 11.3 Å². The van der Waals surface area contributed by atoms with Crippen molar-refractivity contribution >= 4 is 16.5 Å². The van der Waals surface area contributed by atoms with E-state index in [2.05, 4.69) is 48.3 Å². The number of rotatable bonds is 4. The summed E-state index contributed by atoms with van der Waals surface area (Å²) in [7, 11) is -0.610. The highest BCUT2D eigenvalue weighted by Gasteiger charge is 2.17. The minimum atomic E-state index is -0.610. The third-order valence-corrected chi connectivity index (χ3v) is 4.49. The number of para-hydroxylation sites is 1. The first-order valence-corrected chi connectivity index (χ1v) is 8.07. The first kappa shape index (κ1) is 13.6. The Labute approximate surface area is 112 Å². The molecule has 0 bridgehead atoms. The van der Waals surface area contributed by atoms with Gasteiger partial charge in [0, 0.05) is 53.7 Å². The molecule has 1 N–H and O–H groups in total. The minimum Gasteiger partial charge on any atom is -0.369 e. The van der Waals surface area contributed by atoms with Crippen molar-refractivity contribution in [1.82, 2.24) is 5.32 Å². The molecule has 2 rings (SSSR count). The molecule has 0 atom stereocenters. The third kappa shape index (κ3) is 3.56. The number of anilines is 1. The van der Waals surface area contributed by atoms with Crippen molar-refractivity contribution < 1.29 is 4.21 Å². The minimum absolute atomic E-state index is 0.493. The molecule has 1 aromatic carbocycles. The van der Waals surface area contributed by atoms with Gasteiger partial charge in [-0.25, -0.2) is 0 Å². The lowest BCUT2D eigenvalue weighted by atomic mass is 10.1. The van der Waals surface area contributed by atoms with Gasteiger partial charge >= 0.3 is 0 Å². The van der Waals surface area contributed by atoms with Gasteiger partial charge in [-0.15, -0.1) is 0 Å². The zero-order valence-corrected chi connectivity index (χ0v) is 12.0. The second kappa shape index (κ2) is 6.34. The van der Waals surface area contributed by atoms with Crippen molar-refractivity contribution in [2.45, 2.75) is 26.4 Å². The maximum absolute atomic E-state index is 11.4. The Morgan fingerprint density at radius 2 is 1.94 bits per heavy atom. The first-order valence-electron chi connectivity index (χ1n) is 6.58.